The highest BCUT2D eigenvalue weighted by Crippen LogP contribution is 2.28. The Morgan fingerprint density at radius 1 is 1.23 bits per heavy atom. The zero-order valence-electron chi connectivity index (χ0n) is 7.70. The molecule has 0 spiro atoms. The van der Waals surface area contributed by atoms with Gasteiger partial charge in [0.1, 0.15) is 0 Å². The Morgan fingerprint density at radius 2 is 1.92 bits per heavy atom. The standard InChI is InChI=1S/C10H11NS2/c1-12-9-4-3-8(5-6-11)7-10(9)13-2/h3-4,7H,5H2,1-2H3. The summed E-state index contributed by atoms with van der Waals surface area (Å²) in [6.45, 7) is 0. The SMILES string of the molecule is CSc1ccc(CC#N)cc1SC. The average molecular weight is 209 g/mol. The summed E-state index contributed by atoms with van der Waals surface area (Å²) in [5.74, 6) is 0. The first-order valence-electron chi connectivity index (χ1n) is 3.89. The first kappa shape index (κ1) is 10.5. The molecule has 0 aliphatic heterocycles. The highest BCUT2D eigenvalue weighted by molar-refractivity contribution is 8.01. The van der Waals surface area contributed by atoms with E-state index in [4.69, 9.17) is 5.26 Å². The molecule has 0 radical (unpaired) electrons. The summed E-state index contributed by atoms with van der Waals surface area (Å²) in [7, 11) is 0. The Hall–Kier alpha value is -0.590. The van der Waals surface area contributed by atoms with Crippen LogP contribution in [0.15, 0.2) is 28.0 Å². The first-order chi connectivity index (χ1) is 6.31. The van der Waals surface area contributed by atoms with E-state index >= 15 is 0 Å². The van der Waals surface area contributed by atoms with E-state index in [0.29, 0.717) is 6.42 Å². The van der Waals surface area contributed by atoms with Gasteiger partial charge in [0.15, 0.2) is 0 Å². The van der Waals surface area contributed by atoms with Crippen molar-refractivity contribution in [2.45, 2.75) is 16.2 Å². The maximum atomic E-state index is 8.55. The van der Waals surface area contributed by atoms with Crippen molar-refractivity contribution in [2.75, 3.05) is 12.5 Å². The van der Waals surface area contributed by atoms with Crippen LogP contribution in [-0.4, -0.2) is 12.5 Å². The molecule has 0 N–H and O–H groups in total. The van der Waals surface area contributed by atoms with Crippen LogP contribution in [0.4, 0.5) is 0 Å². The fourth-order valence-electron chi connectivity index (χ4n) is 1.08. The van der Waals surface area contributed by atoms with Gasteiger partial charge in [0, 0.05) is 9.79 Å². The van der Waals surface area contributed by atoms with Crippen molar-refractivity contribution >= 4 is 23.5 Å². The van der Waals surface area contributed by atoms with Crippen LogP contribution < -0.4 is 0 Å². The summed E-state index contributed by atoms with van der Waals surface area (Å²) < 4.78 is 0. The van der Waals surface area contributed by atoms with Gasteiger partial charge in [0.2, 0.25) is 0 Å². The number of benzene rings is 1. The molecule has 68 valence electrons. The van der Waals surface area contributed by atoms with Crippen molar-refractivity contribution in [3.05, 3.63) is 23.8 Å². The highest BCUT2D eigenvalue weighted by atomic mass is 32.2. The second-order valence-electron chi connectivity index (χ2n) is 2.52. The molecule has 0 unspecified atom stereocenters. The lowest BCUT2D eigenvalue weighted by Crippen LogP contribution is -1.84. The van der Waals surface area contributed by atoms with Crippen molar-refractivity contribution in [2.24, 2.45) is 0 Å². The molecular formula is C10H11NS2. The van der Waals surface area contributed by atoms with Crippen molar-refractivity contribution in [3.63, 3.8) is 0 Å². The molecule has 1 nitrogen and oxygen atoms in total. The fraction of sp³-hybridized carbons (Fsp3) is 0.300. The van der Waals surface area contributed by atoms with E-state index in [2.05, 4.69) is 30.7 Å². The summed E-state index contributed by atoms with van der Waals surface area (Å²) in [5.41, 5.74) is 1.10. The third-order valence-electron chi connectivity index (χ3n) is 1.73. The van der Waals surface area contributed by atoms with Crippen LogP contribution in [-0.2, 0) is 6.42 Å². The van der Waals surface area contributed by atoms with E-state index in [1.807, 2.05) is 6.07 Å². The number of nitrogens with zero attached hydrogens (tertiary/aromatic N) is 1. The number of nitriles is 1. The van der Waals surface area contributed by atoms with Crippen LogP contribution in [0.25, 0.3) is 0 Å². The van der Waals surface area contributed by atoms with E-state index in [9.17, 15) is 0 Å². The summed E-state index contributed by atoms with van der Waals surface area (Å²) in [6.07, 6.45) is 4.63. The van der Waals surface area contributed by atoms with Gasteiger partial charge in [0.25, 0.3) is 0 Å². The highest BCUT2D eigenvalue weighted by Gasteiger charge is 2.01. The minimum Gasteiger partial charge on any atom is -0.198 e. The first-order valence-corrected chi connectivity index (χ1v) is 6.34. The molecule has 0 fully saturated rings. The van der Waals surface area contributed by atoms with Crippen LogP contribution in [0.1, 0.15) is 5.56 Å². The molecule has 0 aliphatic carbocycles. The molecule has 1 aromatic carbocycles. The molecular weight excluding hydrogens is 198 g/mol. The van der Waals surface area contributed by atoms with E-state index in [1.54, 1.807) is 23.5 Å². The second kappa shape index (κ2) is 5.21. The third-order valence-corrected chi connectivity index (χ3v) is 3.43. The van der Waals surface area contributed by atoms with Crippen molar-refractivity contribution in [1.29, 1.82) is 5.26 Å². The molecule has 0 aromatic heterocycles. The van der Waals surface area contributed by atoms with Crippen LogP contribution in [0, 0.1) is 11.3 Å². The van der Waals surface area contributed by atoms with Gasteiger partial charge in [-0.05, 0) is 30.2 Å². The average Bonchev–Trinajstić information content (AvgIpc) is 2.18. The van der Waals surface area contributed by atoms with Gasteiger partial charge in [-0.3, -0.25) is 0 Å². The lowest BCUT2D eigenvalue weighted by Gasteiger charge is -2.05. The Kier molecular flexibility index (Phi) is 4.20. The topological polar surface area (TPSA) is 23.8 Å². The molecule has 0 heterocycles. The van der Waals surface area contributed by atoms with Gasteiger partial charge in [-0.25, -0.2) is 0 Å². The van der Waals surface area contributed by atoms with E-state index in [0.717, 1.165) is 5.56 Å². The van der Waals surface area contributed by atoms with Crippen molar-refractivity contribution < 1.29 is 0 Å². The number of thioether (sulfide) groups is 2. The zero-order valence-corrected chi connectivity index (χ0v) is 9.34. The normalized spacial score (nSPS) is 9.62. The molecule has 13 heavy (non-hydrogen) atoms. The fourth-order valence-corrected chi connectivity index (χ4v) is 2.58. The largest absolute Gasteiger partial charge is 0.198 e. The Morgan fingerprint density at radius 3 is 2.46 bits per heavy atom. The monoisotopic (exact) mass is 209 g/mol. The minimum absolute atomic E-state index is 0.502. The molecule has 1 rings (SSSR count). The number of hydrogen-bond donors (Lipinski definition) is 0. The Bertz CT molecular complexity index is 328. The second-order valence-corrected chi connectivity index (χ2v) is 4.22. The molecule has 0 saturated carbocycles. The maximum Gasteiger partial charge on any atom is 0.0669 e. The van der Waals surface area contributed by atoms with Crippen molar-refractivity contribution in [1.82, 2.24) is 0 Å². The lowest BCUT2D eigenvalue weighted by atomic mass is 10.2. The van der Waals surface area contributed by atoms with Gasteiger partial charge in [-0.1, -0.05) is 6.07 Å². The van der Waals surface area contributed by atoms with Crippen molar-refractivity contribution in [3.8, 4) is 6.07 Å². The summed E-state index contributed by atoms with van der Waals surface area (Å²) in [5, 5.41) is 8.55. The summed E-state index contributed by atoms with van der Waals surface area (Å²) in [6, 6.07) is 8.36. The van der Waals surface area contributed by atoms with Crippen LogP contribution >= 0.6 is 23.5 Å². The molecule has 0 aliphatic rings. The van der Waals surface area contributed by atoms with Gasteiger partial charge in [0.05, 0.1) is 12.5 Å². The van der Waals surface area contributed by atoms with E-state index < -0.39 is 0 Å². The van der Waals surface area contributed by atoms with E-state index in [-0.39, 0.29) is 0 Å². The van der Waals surface area contributed by atoms with Gasteiger partial charge in [-0.2, -0.15) is 5.26 Å². The van der Waals surface area contributed by atoms with E-state index in [1.165, 1.54) is 9.79 Å². The Labute approximate surface area is 87.5 Å². The summed E-state index contributed by atoms with van der Waals surface area (Å²) in [4.78, 5) is 2.55. The molecule has 0 amide bonds. The predicted octanol–water partition coefficient (Wildman–Crippen LogP) is 3.20. The maximum absolute atomic E-state index is 8.55. The van der Waals surface area contributed by atoms with Crippen LogP contribution in [0.3, 0.4) is 0 Å². The van der Waals surface area contributed by atoms with Crippen LogP contribution in [0.5, 0.6) is 0 Å². The Balaban J connectivity index is 3.00. The zero-order chi connectivity index (χ0) is 9.68. The number of rotatable bonds is 3. The quantitative estimate of drug-likeness (QED) is 0.714. The minimum atomic E-state index is 0.502. The number of hydrogen-bond acceptors (Lipinski definition) is 3. The molecule has 0 atom stereocenters. The van der Waals surface area contributed by atoms with Gasteiger partial charge >= 0.3 is 0 Å². The molecule has 1 aromatic rings. The molecule has 3 heteroatoms. The smallest absolute Gasteiger partial charge is 0.0669 e. The van der Waals surface area contributed by atoms with Gasteiger partial charge in [-0.15, -0.1) is 23.5 Å². The third kappa shape index (κ3) is 2.68. The summed E-state index contributed by atoms with van der Waals surface area (Å²) >= 11 is 3.47. The van der Waals surface area contributed by atoms with Crippen LogP contribution in [0.2, 0.25) is 0 Å². The lowest BCUT2D eigenvalue weighted by molar-refractivity contribution is 1.17. The van der Waals surface area contributed by atoms with Gasteiger partial charge < -0.3 is 0 Å². The predicted molar refractivity (Wildman–Crippen MR) is 59.3 cm³/mol. The molecule has 0 saturated heterocycles. The molecule has 0 bridgehead atoms.